The number of nitrogens with zero attached hydrogens (tertiary/aromatic N) is 2. The van der Waals surface area contributed by atoms with Gasteiger partial charge in [-0.2, -0.15) is 0 Å². The summed E-state index contributed by atoms with van der Waals surface area (Å²) in [5, 5.41) is 11.9. The second kappa shape index (κ2) is 6.34. The van der Waals surface area contributed by atoms with Crippen LogP contribution in [0.15, 0.2) is 12.7 Å². The molecule has 0 radical (unpaired) electrons. The molecule has 0 aliphatic heterocycles. The third-order valence-electron chi connectivity index (χ3n) is 1.16. The van der Waals surface area contributed by atoms with Crippen molar-refractivity contribution in [2.24, 2.45) is 0 Å². The first-order valence-electron chi connectivity index (χ1n) is 4.04. The summed E-state index contributed by atoms with van der Waals surface area (Å²) in [6, 6.07) is 0. The van der Waals surface area contributed by atoms with Crippen molar-refractivity contribution < 1.29 is 0 Å². The number of hydrogen-bond donors (Lipinski definition) is 1. The maximum Gasteiger partial charge on any atom is 0.108 e. The van der Waals surface area contributed by atoms with E-state index in [1.165, 1.54) is 0 Å². The fourth-order valence-corrected chi connectivity index (χ4v) is 0.698. The minimum Gasteiger partial charge on any atom is -0.258 e. The monoisotopic (exact) mass is 165 g/mol. The molecule has 0 saturated heterocycles. The second-order valence-electron chi connectivity index (χ2n) is 1.80. The Morgan fingerprint density at radius 3 is 2.58 bits per heavy atom. The van der Waals surface area contributed by atoms with E-state index in [1.807, 2.05) is 32.9 Å². The van der Waals surface area contributed by atoms with Gasteiger partial charge >= 0.3 is 0 Å². The van der Waals surface area contributed by atoms with Gasteiger partial charge in [-0.3, -0.25) is 5.10 Å². The number of aromatic nitrogens is 3. The summed E-state index contributed by atoms with van der Waals surface area (Å²) in [6.07, 6.45) is 5.41. The Balaban J connectivity index is 0.000000561. The predicted octanol–water partition coefficient (Wildman–Crippen LogP) is 0.598. The van der Waals surface area contributed by atoms with Crippen molar-refractivity contribution in [3.63, 3.8) is 0 Å². The number of allylic oxidation sites excluding steroid dienone is 1. The largest absolute Gasteiger partial charge is 0.258 e. The number of H-pyrrole nitrogens is 1. The highest BCUT2D eigenvalue weighted by Crippen LogP contribution is 1.59. The van der Waals surface area contributed by atoms with Gasteiger partial charge in [0.1, 0.15) is 5.35 Å². The molecule has 66 valence electrons. The van der Waals surface area contributed by atoms with Gasteiger partial charge in [-0.05, 0) is 13.0 Å². The van der Waals surface area contributed by atoms with Crippen molar-refractivity contribution in [1.82, 2.24) is 15.4 Å². The first-order valence-corrected chi connectivity index (χ1v) is 4.04. The molecule has 3 nitrogen and oxygen atoms in total. The Morgan fingerprint density at radius 2 is 2.08 bits per heavy atom. The van der Waals surface area contributed by atoms with Crippen LogP contribution in [0.25, 0.3) is 12.2 Å². The van der Waals surface area contributed by atoms with Gasteiger partial charge in [-0.25, -0.2) is 0 Å². The zero-order valence-electron chi connectivity index (χ0n) is 7.83. The standard InChI is InChI=1S/C7H9N3.C2H6/c1-3-5-7-6(4-2)8-10-9-7;1-2/h3-5H,1H2,2H3,(H,8,9);1-2H3/b6-4+,7-5+;. The van der Waals surface area contributed by atoms with Crippen molar-refractivity contribution in [3.05, 3.63) is 23.4 Å². The number of rotatable bonds is 1. The molecule has 1 N–H and O–H groups in total. The summed E-state index contributed by atoms with van der Waals surface area (Å²) in [6.45, 7) is 9.48. The molecule has 12 heavy (non-hydrogen) atoms. The molecule has 0 bridgehead atoms. The Labute approximate surface area is 72.5 Å². The van der Waals surface area contributed by atoms with Crippen LogP contribution >= 0.6 is 0 Å². The molecule has 3 heteroatoms. The van der Waals surface area contributed by atoms with Crippen LogP contribution in [0.5, 0.6) is 0 Å². The van der Waals surface area contributed by atoms with Crippen LogP contribution in [-0.4, -0.2) is 15.4 Å². The maximum atomic E-state index is 3.81. The van der Waals surface area contributed by atoms with Crippen LogP contribution in [0.3, 0.4) is 0 Å². The SMILES string of the molecule is C=C/C=c1/[nH]nn/c1=C/C.CC. The molecule has 1 aromatic heterocycles. The van der Waals surface area contributed by atoms with E-state index in [-0.39, 0.29) is 0 Å². The lowest BCUT2D eigenvalue weighted by Crippen LogP contribution is -2.23. The van der Waals surface area contributed by atoms with E-state index in [1.54, 1.807) is 6.08 Å². The highest BCUT2D eigenvalue weighted by molar-refractivity contribution is 5.32. The first-order chi connectivity index (χ1) is 5.88. The summed E-state index contributed by atoms with van der Waals surface area (Å²) in [7, 11) is 0. The van der Waals surface area contributed by atoms with E-state index in [0.717, 1.165) is 10.7 Å². The zero-order chi connectivity index (χ0) is 9.40. The van der Waals surface area contributed by atoms with E-state index in [2.05, 4.69) is 22.0 Å². The molecule has 1 heterocycles. The molecular formula is C9H15N3. The molecule has 0 amide bonds. The fourth-order valence-electron chi connectivity index (χ4n) is 0.698. The van der Waals surface area contributed by atoms with Gasteiger partial charge in [0, 0.05) is 0 Å². The van der Waals surface area contributed by atoms with Crippen LogP contribution < -0.4 is 10.7 Å². The molecule has 0 aromatic carbocycles. The van der Waals surface area contributed by atoms with Gasteiger partial charge in [-0.1, -0.05) is 37.8 Å². The Kier molecular flexibility index (Phi) is 5.61. The predicted molar refractivity (Wildman–Crippen MR) is 51.8 cm³/mol. The Morgan fingerprint density at radius 1 is 1.42 bits per heavy atom. The van der Waals surface area contributed by atoms with E-state index in [4.69, 9.17) is 0 Å². The Bertz CT molecular complexity index is 322. The normalized spacial score (nSPS) is 12.2. The number of nitrogens with one attached hydrogen (secondary N) is 1. The van der Waals surface area contributed by atoms with Gasteiger partial charge < -0.3 is 0 Å². The van der Waals surface area contributed by atoms with E-state index >= 15 is 0 Å². The van der Waals surface area contributed by atoms with Crippen molar-refractivity contribution in [1.29, 1.82) is 0 Å². The summed E-state index contributed by atoms with van der Waals surface area (Å²) < 4.78 is 0. The van der Waals surface area contributed by atoms with Gasteiger partial charge in [0.15, 0.2) is 0 Å². The second-order valence-corrected chi connectivity index (χ2v) is 1.80. The molecule has 1 aromatic rings. The fraction of sp³-hybridized carbons (Fsp3) is 0.333. The molecule has 0 aliphatic carbocycles. The molecule has 0 saturated carbocycles. The third kappa shape index (κ3) is 2.70. The molecule has 0 spiro atoms. The highest BCUT2D eigenvalue weighted by Gasteiger charge is 1.82. The lowest BCUT2D eigenvalue weighted by Gasteiger charge is -1.69. The molecular weight excluding hydrogens is 150 g/mol. The van der Waals surface area contributed by atoms with Gasteiger partial charge in [0.2, 0.25) is 0 Å². The van der Waals surface area contributed by atoms with Gasteiger partial charge in [-0.15, -0.1) is 5.10 Å². The van der Waals surface area contributed by atoms with Gasteiger partial charge in [0.05, 0.1) is 5.35 Å². The summed E-state index contributed by atoms with van der Waals surface area (Å²) >= 11 is 0. The maximum absolute atomic E-state index is 3.81. The highest BCUT2D eigenvalue weighted by atomic mass is 15.3. The number of hydrogen-bond acceptors (Lipinski definition) is 2. The van der Waals surface area contributed by atoms with Crippen LogP contribution in [0.1, 0.15) is 20.8 Å². The summed E-state index contributed by atoms with van der Waals surface area (Å²) in [4.78, 5) is 0. The minimum atomic E-state index is 0.861. The van der Waals surface area contributed by atoms with Crippen LogP contribution in [-0.2, 0) is 0 Å². The van der Waals surface area contributed by atoms with E-state index < -0.39 is 0 Å². The van der Waals surface area contributed by atoms with Crippen molar-refractivity contribution in [2.45, 2.75) is 20.8 Å². The first kappa shape index (κ1) is 10.6. The molecule has 0 unspecified atom stereocenters. The van der Waals surface area contributed by atoms with E-state index in [9.17, 15) is 0 Å². The molecule has 0 atom stereocenters. The average molecular weight is 165 g/mol. The van der Waals surface area contributed by atoms with Crippen LogP contribution in [0.2, 0.25) is 0 Å². The lowest BCUT2D eigenvalue weighted by molar-refractivity contribution is 0.925. The summed E-state index contributed by atoms with van der Waals surface area (Å²) in [5.41, 5.74) is 0. The quantitative estimate of drug-likeness (QED) is 0.662. The number of aromatic amines is 1. The smallest absolute Gasteiger partial charge is 0.108 e. The van der Waals surface area contributed by atoms with E-state index in [0.29, 0.717) is 0 Å². The summed E-state index contributed by atoms with van der Waals surface area (Å²) in [5.74, 6) is 0. The van der Waals surface area contributed by atoms with Crippen LogP contribution in [0, 0.1) is 0 Å². The van der Waals surface area contributed by atoms with Crippen molar-refractivity contribution in [3.8, 4) is 0 Å². The molecule has 0 fully saturated rings. The zero-order valence-corrected chi connectivity index (χ0v) is 7.83. The molecule has 1 rings (SSSR count). The topological polar surface area (TPSA) is 41.6 Å². The third-order valence-corrected chi connectivity index (χ3v) is 1.16. The Hall–Kier alpha value is -1.38. The molecule has 0 aliphatic rings. The van der Waals surface area contributed by atoms with Crippen molar-refractivity contribution in [2.75, 3.05) is 0 Å². The minimum absolute atomic E-state index is 0.861. The van der Waals surface area contributed by atoms with Crippen LogP contribution in [0.4, 0.5) is 0 Å². The average Bonchev–Trinajstić information content (AvgIpc) is 2.56. The lowest BCUT2D eigenvalue weighted by atomic mass is 10.4. The van der Waals surface area contributed by atoms with Crippen molar-refractivity contribution >= 4 is 12.2 Å². The van der Waals surface area contributed by atoms with Gasteiger partial charge in [0.25, 0.3) is 0 Å².